The van der Waals surface area contributed by atoms with E-state index in [-0.39, 0.29) is 10.4 Å². The van der Waals surface area contributed by atoms with Crippen molar-refractivity contribution >= 4 is 0 Å². The van der Waals surface area contributed by atoms with Crippen molar-refractivity contribution in [3.8, 4) is 0 Å². The van der Waals surface area contributed by atoms with Crippen LogP contribution in [0.15, 0.2) is 12.1 Å². The van der Waals surface area contributed by atoms with Crippen molar-refractivity contribution in [1.82, 2.24) is 0 Å². The highest BCUT2D eigenvalue weighted by molar-refractivity contribution is 5.18. The van der Waals surface area contributed by atoms with Gasteiger partial charge < -0.3 is 5.21 Å². The summed E-state index contributed by atoms with van der Waals surface area (Å²) >= 11 is 0. The van der Waals surface area contributed by atoms with Gasteiger partial charge in [0.1, 0.15) is 0 Å². The molecule has 1 aromatic heterocycles. The Kier molecular flexibility index (Phi) is 2.69. The summed E-state index contributed by atoms with van der Waals surface area (Å²) in [5.41, 5.74) is -0.562. The van der Waals surface area contributed by atoms with Gasteiger partial charge in [0.25, 0.3) is 5.69 Å². The van der Waals surface area contributed by atoms with Gasteiger partial charge in [-0.05, 0) is 12.0 Å². The molecule has 0 spiro atoms. The topological polar surface area (TPSA) is 26.9 Å². The van der Waals surface area contributed by atoms with E-state index in [2.05, 4.69) is 0 Å². The van der Waals surface area contributed by atoms with E-state index in [4.69, 9.17) is 0 Å². The molecule has 0 atom stereocenters. The van der Waals surface area contributed by atoms with Crippen molar-refractivity contribution in [2.75, 3.05) is 0 Å². The minimum Gasteiger partial charge on any atom is -0.618 e. The molecule has 0 aromatic carbocycles. The molecule has 0 bridgehead atoms. The summed E-state index contributed by atoms with van der Waals surface area (Å²) in [6.07, 6.45) is -4.11. The highest BCUT2D eigenvalue weighted by Gasteiger charge is 2.40. The van der Waals surface area contributed by atoms with Crippen LogP contribution >= 0.6 is 0 Å². The van der Waals surface area contributed by atoms with Crippen molar-refractivity contribution in [1.29, 1.82) is 0 Å². The molecule has 1 rings (SSSR count). The fourth-order valence-electron chi connectivity index (χ4n) is 1.19. The van der Waals surface area contributed by atoms with Crippen molar-refractivity contribution in [2.45, 2.75) is 26.4 Å². The van der Waals surface area contributed by atoms with Gasteiger partial charge in [0.05, 0.1) is 0 Å². The van der Waals surface area contributed by atoms with Gasteiger partial charge in [-0.3, -0.25) is 0 Å². The molecule has 1 aromatic rings. The van der Waals surface area contributed by atoms with E-state index in [1.54, 1.807) is 6.92 Å². The normalized spacial score (nSPS) is 11.8. The molecule has 2 nitrogen and oxygen atoms in total. The summed E-state index contributed by atoms with van der Waals surface area (Å²) in [6.45, 7) is 3.10. The van der Waals surface area contributed by atoms with Crippen molar-refractivity contribution in [2.24, 2.45) is 0 Å². The minimum atomic E-state index is -4.59. The van der Waals surface area contributed by atoms with Crippen LogP contribution in [0, 0.1) is 12.1 Å². The summed E-state index contributed by atoms with van der Waals surface area (Å²) in [5.74, 6) is 0. The fraction of sp³-hybridized carbons (Fsp3) is 0.444. The molecule has 0 radical (unpaired) electrons. The van der Waals surface area contributed by atoms with E-state index in [1.807, 2.05) is 0 Å². The highest BCUT2D eigenvalue weighted by atomic mass is 19.4. The van der Waals surface area contributed by atoms with Crippen LogP contribution in [0.4, 0.5) is 13.2 Å². The molecule has 0 saturated heterocycles. The molecule has 0 aliphatic carbocycles. The second-order valence-electron chi connectivity index (χ2n) is 3.04. The van der Waals surface area contributed by atoms with E-state index in [0.717, 1.165) is 6.07 Å². The molecule has 1 heterocycles. The molecule has 0 aliphatic rings. The van der Waals surface area contributed by atoms with Gasteiger partial charge in [0, 0.05) is 19.1 Å². The number of rotatable bonds is 1. The van der Waals surface area contributed by atoms with Crippen LogP contribution in [0.3, 0.4) is 0 Å². The van der Waals surface area contributed by atoms with Crippen LogP contribution in [0.1, 0.15) is 23.9 Å². The second kappa shape index (κ2) is 3.48. The number of hydrogen-bond acceptors (Lipinski definition) is 1. The first kappa shape index (κ1) is 10.8. The summed E-state index contributed by atoms with van der Waals surface area (Å²) in [4.78, 5) is 0. The van der Waals surface area contributed by atoms with Gasteiger partial charge in [-0.1, -0.05) is 6.92 Å². The Labute approximate surface area is 79.6 Å². The third-order valence-electron chi connectivity index (χ3n) is 1.95. The van der Waals surface area contributed by atoms with Crippen molar-refractivity contribution in [3.05, 3.63) is 34.3 Å². The number of nitrogens with zero attached hydrogens (tertiary/aromatic N) is 1. The Bertz CT molecular complexity index is 347. The van der Waals surface area contributed by atoms with Gasteiger partial charge in [0.15, 0.2) is 5.69 Å². The number of pyridine rings is 1. The van der Waals surface area contributed by atoms with Gasteiger partial charge in [-0.2, -0.15) is 17.9 Å². The highest BCUT2D eigenvalue weighted by Crippen LogP contribution is 2.27. The smallest absolute Gasteiger partial charge is 0.478 e. The van der Waals surface area contributed by atoms with E-state index in [9.17, 15) is 18.4 Å². The summed E-state index contributed by atoms with van der Waals surface area (Å²) in [5, 5.41) is 11.1. The predicted octanol–water partition coefficient (Wildman–Crippen LogP) is 2.21. The fourth-order valence-corrected chi connectivity index (χ4v) is 1.19. The van der Waals surface area contributed by atoms with Crippen molar-refractivity contribution in [3.63, 3.8) is 0 Å². The van der Waals surface area contributed by atoms with E-state index in [0.29, 0.717) is 12.0 Å². The number of aryl methyl sites for hydroxylation is 2. The average Bonchev–Trinajstić information content (AvgIpc) is 2.07. The van der Waals surface area contributed by atoms with Crippen LogP contribution in [0.2, 0.25) is 0 Å². The molecule has 14 heavy (non-hydrogen) atoms. The molecular formula is C9H10F3NO. The van der Waals surface area contributed by atoms with E-state index >= 15 is 0 Å². The molecule has 0 unspecified atom stereocenters. The number of hydrogen-bond donors (Lipinski definition) is 0. The Morgan fingerprint density at radius 1 is 1.36 bits per heavy atom. The first-order valence-electron chi connectivity index (χ1n) is 4.16. The van der Waals surface area contributed by atoms with Crippen molar-refractivity contribution < 1.29 is 17.9 Å². The lowest BCUT2D eigenvalue weighted by molar-refractivity contribution is -0.635. The summed E-state index contributed by atoms with van der Waals surface area (Å²) in [6, 6.07) is 2.35. The van der Waals surface area contributed by atoms with Crippen LogP contribution in [0.25, 0.3) is 0 Å². The Hall–Kier alpha value is -1.26. The predicted molar refractivity (Wildman–Crippen MR) is 44.5 cm³/mol. The maximum Gasteiger partial charge on any atom is 0.478 e. The zero-order chi connectivity index (χ0) is 10.9. The lowest BCUT2D eigenvalue weighted by Crippen LogP contribution is -2.39. The second-order valence-corrected chi connectivity index (χ2v) is 3.04. The van der Waals surface area contributed by atoms with Gasteiger partial charge in [-0.25, -0.2) is 0 Å². The number of alkyl halides is 3. The zero-order valence-electron chi connectivity index (χ0n) is 7.85. The van der Waals surface area contributed by atoms with Crippen LogP contribution < -0.4 is 4.73 Å². The van der Waals surface area contributed by atoms with Gasteiger partial charge in [0.2, 0.25) is 0 Å². The SMILES string of the molecule is CCc1cc(C)[n+]([O-])c(C(F)(F)F)c1. The molecule has 0 fully saturated rings. The molecule has 78 valence electrons. The van der Waals surface area contributed by atoms with E-state index in [1.165, 1.54) is 13.0 Å². The largest absolute Gasteiger partial charge is 0.618 e. The maximum atomic E-state index is 12.3. The lowest BCUT2D eigenvalue weighted by atomic mass is 10.1. The molecule has 0 N–H and O–H groups in total. The third-order valence-corrected chi connectivity index (χ3v) is 1.95. The lowest BCUT2D eigenvalue weighted by Gasteiger charge is -2.10. The average molecular weight is 205 g/mol. The Balaban J connectivity index is 3.35. The number of halogens is 3. The summed E-state index contributed by atoms with van der Waals surface area (Å²) in [7, 11) is 0. The number of aromatic nitrogens is 1. The molecule has 5 heteroatoms. The summed E-state index contributed by atoms with van der Waals surface area (Å²) < 4.78 is 36.9. The van der Waals surface area contributed by atoms with E-state index < -0.39 is 11.9 Å². The molecular weight excluding hydrogens is 195 g/mol. The monoisotopic (exact) mass is 205 g/mol. The first-order chi connectivity index (χ1) is 6.36. The Morgan fingerprint density at radius 2 is 1.93 bits per heavy atom. The van der Waals surface area contributed by atoms with Crippen LogP contribution in [0.5, 0.6) is 0 Å². The minimum absolute atomic E-state index is 0.0664. The first-order valence-corrected chi connectivity index (χ1v) is 4.16. The quantitative estimate of drug-likeness (QED) is 0.510. The Morgan fingerprint density at radius 3 is 2.36 bits per heavy atom. The molecule has 0 aliphatic heterocycles. The third kappa shape index (κ3) is 1.97. The standard InChI is InChI=1S/C9H10F3NO/c1-3-7-4-6(2)13(14)8(5-7)9(10,11)12/h4-5H,3H2,1-2H3. The van der Waals surface area contributed by atoms with Crippen LogP contribution in [-0.2, 0) is 12.6 Å². The van der Waals surface area contributed by atoms with Gasteiger partial charge >= 0.3 is 6.18 Å². The zero-order valence-corrected chi connectivity index (χ0v) is 7.85. The maximum absolute atomic E-state index is 12.3. The van der Waals surface area contributed by atoms with Crippen LogP contribution in [-0.4, -0.2) is 0 Å². The van der Waals surface area contributed by atoms with Gasteiger partial charge in [-0.15, -0.1) is 0 Å². The molecule has 0 amide bonds. The molecule has 0 saturated carbocycles.